The van der Waals surface area contributed by atoms with Gasteiger partial charge in [-0.3, -0.25) is 4.40 Å². The highest BCUT2D eigenvalue weighted by Crippen LogP contribution is 2.42. The van der Waals surface area contributed by atoms with Crippen LogP contribution in [0.3, 0.4) is 0 Å². The van der Waals surface area contributed by atoms with E-state index in [1.54, 1.807) is 6.33 Å². The van der Waals surface area contributed by atoms with Crippen molar-refractivity contribution in [3.05, 3.63) is 30.2 Å². The molecule has 4 heteroatoms. The van der Waals surface area contributed by atoms with Crippen molar-refractivity contribution in [1.29, 1.82) is 0 Å². The highest BCUT2D eigenvalue weighted by atomic mass is 15.2. The van der Waals surface area contributed by atoms with E-state index in [1.165, 1.54) is 5.56 Å². The first-order chi connectivity index (χ1) is 6.28. The third kappa shape index (κ3) is 0.954. The van der Waals surface area contributed by atoms with Crippen molar-refractivity contribution in [2.45, 2.75) is 18.4 Å². The summed E-state index contributed by atoms with van der Waals surface area (Å²) in [7, 11) is 0. The number of nitrogens with zero attached hydrogens (tertiary/aromatic N) is 3. The molecule has 1 saturated carbocycles. The fraction of sp³-hybridized carbons (Fsp3) is 0.333. The summed E-state index contributed by atoms with van der Waals surface area (Å²) in [4.78, 5) is 0. The molecule has 0 bridgehead atoms. The van der Waals surface area contributed by atoms with Gasteiger partial charge in [0.1, 0.15) is 6.33 Å². The maximum Gasteiger partial charge on any atom is 0.160 e. The molecule has 1 aliphatic carbocycles. The van der Waals surface area contributed by atoms with E-state index in [2.05, 4.69) is 10.2 Å². The molecule has 2 heterocycles. The largest absolute Gasteiger partial charge is 0.321 e. The predicted molar refractivity (Wildman–Crippen MR) is 48.1 cm³/mol. The van der Waals surface area contributed by atoms with Crippen LogP contribution in [0.4, 0.5) is 0 Å². The summed E-state index contributed by atoms with van der Waals surface area (Å²) in [6.07, 6.45) is 5.88. The van der Waals surface area contributed by atoms with Crippen molar-refractivity contribution in [2.75, 3.05) is 0 Å². The molecule has 1 aliphatic rings. The maximum atomic E-state index is 6.07. The Balaban J connectivity index is 2.20. The van der Waals surface area contributed by atoms with Gasteiger partial charge in [-0.25, -0.2) is 0 Å². The fourth-order valence-corrected chi connectivity index (χ4v) is 1.55. The third-order valence-electron chi connectivity index (χ3n) is 2.65. The topological polar surface area (TPSA) is 56.2 Å². The summed E-state index contributed by atoms with van der Waals surface area (Å²) in [5.41, 5.74) is 8.05. The Bertz CT molecular complexity index is 455. The van der Waals surface area contributed by atoms with Gasteiger partial charge in [0, 0.05) is 11.7 Å². The second kappa shape index (κ2) is 2.09. The molecule has 1 fully saturated rings. The van der Waals surface area contributed by atoms with Crippen molar-refractivity contribution >= 4 is 5.65 Å². The van der Waals surface area contributed by atoms with Gasteiger partial charge in [-0.2, -0.15) is 0 Å². The van der Waals surface area contributed by atoms with Crippen molar-refractivity contribution in [3.8, 4) is 0 Å². The van der Waals surface area contributed by atoms with E-state index >= 15 is 0 Å². The van der Waals surface area contributed by atoms with Gasteiger partial charge in [0.25, 0.3) is 0 Å². The number of nitrogens with two attached hydrogens (primary N) is 1. The smallest absolute Gasteiger partial charge is 0.160 e. The number of aromatic nitrogens is 3. The van der Waals surface area contributed by atoms with Crippen molar-refractivity contribution in [1.82, 2.24) is 14.6 Å². The zero-order chi connectivity index (χ0) is 8.89. The average Bonchev–Trinajstić information content (AvgIpc) is 2.74. The SMILES string of the molecule is NC1(c2ccc3nncn3c2)CC1. The molecule has 0 aliphatic heterocycles. The zero-order valence-electron chi connectivity index (χ0n) is 7.14. The van der Waals surface area contributed by atoms with Gasteiger partial charge < -0.3 is 5.73 Å². The minimum atomic E-state index is -0.0710. The number of fused-ring (bicyclic) bond motifs is 1. The molecule has 3 rings (SSSR count). The van der Waals surface area contributed by atoms with E-state index in [0.29, 0.717) is 0 Å². The molecule has 2 aromatic heterocycles. The first-order valence-electron chi connectivity index (χ1n) is 4.37. The quantitative estimate of drug-likeness (QED) is 0.691. The Morgan fingerprint density at radius 2 is 2.23 bits per heavy atom. The summed E-state index contributed by atoms with van der Waals surface area (Å²) in [6, 6.07) is 3.99. The van der Waals surface area contributed by atoms with Gasteiger partial charge >= 0.3 is 0 Å². The second-order valence-electron chi connectivity index (χ2n) is 3.67. The Morgan fingerprint density at radius 1 is 1.38 bits per heavy atom. The molecule has 13 heavy (non-hydrogen) atoms. The molecular weight excluding hydrogens is 164 g/mol. The van der Waals surface area contributed by atoms with E-state index in [4.69, 9.17) is 5.73 Å². The van der Waals surface area contributed by atoms with Crippen LogP contribution in [0.25, 0.3) is 5.65 Å². The lowest BCUT2D eigenvalue weighted by molar-refractivity contribution is 0.733. The molecule has 4 nitrogen and oxygen atoms in total. The second-order valence-corrected chi connectivity index (χ2v) is 3.67. The predicted octanol–water partition coefficient (Wildman–Crippen LogP) is 0.677. The van der Waals surface area contributed by atoms with Gasteiger partial charge in [0.05, 0.1) is 0 Å². The van der Waals surface area contributed by atoms with Crippen LogP contribution in [-0.2, 0) is 5.54 Å². The Labute approximate surface area is 75.4 Å². The van der Waals surface area contributed by atoms with E-state index in [1.807, 2.05) is 22.7 Å². The molecule has 2 N–H and O–H groups in total. The van der Waals surface area contributed by atoms with Crippen LogP contribution in [0.2, 0.25) is 0 Å². The lowest BCUT2D eigenvalue weighted by Gasteiger charge is -2.08. The van der Waals surface area contributed by atoms with Crippen LogP contribution >= 0.6 is 0 Å². The lowest BCUT2D eigenvalue weighted by atomic mass is 10.1. The molecule has 0 unspecified atom stereocenters. The Kier molecular flexibility index (Phi) is 1.13. The Hall–Kier alpha value is -1.42. The number of pyridine rings is 1. The van der Waals surface area contributed by atoms with Crippen molar-refractivity contribution < 1.29 is 0 Å². The minimum absolute atomic E-state index is 0.0710. The first-order valence-corrected chi connectivity index (χ1v) is 4.37. The molecule has 0 atom stereocenters. The highest BCUT2D eigenvalue weighted by molar-refractivity contribution is 5.40. The van der Waals surface area contributed by atoms with Crippen LogP contribution in [0.5, 0.6) is 0 Å². The summed E-state index contributed by atoms with van der Waals surface area (Å²) in [5.74, 6) is 0. The first kappa shape index (κ1) is 7.03. The van der Waals surface area contributed by atoms with Crippen LogP contribution in [-0.4, -0.2) is 14.6 Å². The normalized spacial score (nSPS) is 19.2. The van der Waals surface area contributed by atoms with Gasteiger partial charge in [-0.1, -0.05) is 6.07 Å². The van der Waals surface area contributed by atoms with E-state index in [0.717, 1.165) is 18.5 Å². The van der Waals surface area contributed by atoms with Crippen LogP contribution < -0.4 is 5.73 Å². The number of hydrogen-bond acceptors (Lipinski definition) is 3. The molecule has 0 spiro atoms. The van der Waals surface area contributed by atoms with Gasteiger partial charge in [0.15, 0.2) is 5.65 Å². The molecule has 66 valence electrons. The summed E-state index contributed by atoms with van der Waals surface area (Å²) >= 11 is 0. The van der Waals surface area contributed by atoms with Gasteiger partial charge in [0.2, 0.25) is 0 Å². The highest BCUT2D eigenvalue weighted by Gasteiger charge is 2.40. The molecule has 0 amide bonds. The van der Waals surface area contributed by atoms with Crippen LogP contribution in [0, 0.1) is 0 Å². The number of hydrogen-bond donors (Lipinski definition) is 1. The fourth-order valence-electron chi connectivity index (χ4n) is 1.55. The zero-order valence-corrected chi connectivity index (χ0v) is 7.14. The van der Waals surface area contributed by atoms with Crippen molar-refractivity contribution in [2.24, 2.45) is 5.73 Å². The maximum absolute atomic E-state index is 6.07. The molecular formula is C9H10N4. The molecule has 0 radical (unpaired) electrons. The summed E-state index contributed by atoms with van der Waals surface area (Å²) in [5, 5.41) is 7.75. The van der Waals surface area contributed by atoms with Crippen molar-refractivity contribution in [3.63, 3.8) is 0 Å². The number of rotatable bonds is 1. The van der Waals surface area contributed by atoms with E-state index < -0.39 is 0 Å². The standard InChI is InChI=1S/C9H10N4/c10-9(3-4-9)7-1-2-8-12-11-6-13(8)5-7/h1-2,5-6H,3-4,10H2. The molecule has 0 aromatic carbocycles. The monoisotopic (exact) mass is 174 g/mol. The van der Waals surface area contributed by atoms with E-state index in [9.17, 15) is 0 Å². The lowest BCUT2D eigenvalue weighted by Crippen LogP contribution is -2.18. The summed E-state index contributed by atoms with van der Waals surface area (Å²) < 4.78 is 1.91. The van der Waals surface area contributed by atoms with Gasteiger partial charge in [-0.15, -0.1) is 10.2 Å². The average molecular weight is 174 g/mol. The van der Waals surface area contributed by atoms with Gasteiger partial charge in [-0.05, 0) is 24.5 Å². The Morgan fingerprint density at radius 3 is 3.00 bits per heavy atom. The van der Waals surface area contributed by atoms with Crippen LogP contribution in [0.15, 0.2) is 24.7 Å². The summed E-state index contributed by atoms with van der Waals surface area (Å²) in [6.45, 7) is 0. The molecule has 2 aromatic rings. The third-order valence-corrected chi connectivity index (χ3v) is 2.65. The molecule has 0 saturated heterocycles. The minimum Gasteiger partial charge on any atom is -0.321 e. The van der Waals surface area contributed by atoms with E-state index in [-0.39, 0.29) is 5.54 Å². The van der Waals surface area contributed by atoms with Crippen LogP contribution in [0.1, 0.15) is 18.4 Å².